The highest BCUT2D eigenvalue weighted by molar-refractivity contribution is 5.92. The Bertz CT molecular complexity index is 821. The zero-order valence-electron chi connectivity index (χ0n) is 21.3. The molecule has 0 fully saturated rings. The number of phenols is 1. The second-order valence-corrected chi connectivity index (χ2v) is 9.33. The average molecular weight is 480 g/mol. The topological polar surface area (TPSA) is 128 Å². The van der Waals surface area contributed by atoms with Gasteiger partial charge in [0, 0.05) is 18.7 Å². The predicted molar refractivity (Wildman–Crippen MR) is 130 cm³/mol. The van der Waals surface area contributed by atoms with Crippen LogP contribution in [0.2, 0.25) is 0 Å². The molecule has 0 aliphatic carbocycles. The van der Waals surface area contributed by atoms with E-state index in [2.05, 4.69) is 10.6 Å². The second kappa shape index (κ2) is 13.8. The summed E-state index contributed by atoms with van der Waals surface area (Å²) in [7, 11) is 0. The van der Waals surface area contributed by atoms with Crippen LogP contribution in [0, 0.1) is 6.92 Å². The first-order chi connectivity index (χ1) is 16.0. The minimum Gasteiger partial charge on any atom is -0.507 e. The molecule has 34 heavy (non-hydrogen) atoms. The van der Waals surface area contributed by atoms with Crippen LogP contribution in [0.25, 0.3) is 0 Å². The lowest BCUT2D eigenvalue weighted by atomic mass is 9.99. The van der Waals surface area contributed by atoms with Gasteiger partial charge in [-0.25, -0.2) is 4.79 Å². The number of aryl methyl sites for hydroxylation is 1. The van der Waals surface area contributed by atoms with Gasteiger partial charge < -0.3 is 30.5 Å². The van der Waals surface area contributed by atoms with Crippen molar-refractivity contribution in [2.75, 3.05) is 19.7 Å². The Labute approximate surface area is 202 Å². The monoisotopic (exact) mass is 479 g/mol. The standard InChI is InChI=1S/C25H41N3O6/c1-7-9-14-26-22(31)20(18-13-11-12-17(3)21(18)30)28(15-10-8-2)23(32)19(16-29)27-24(33)34-25(4,5)6/h11-13,19-20,29-30H,7-10,14-16H2,1-6H3,(H,26,31)(H,27,33). The first kappa shape index (κ1) is 29.2. The van der Waals surface area contributed by atoms with E-state index in [1.807, 2.05) is 13.8 Å². The number of hydrogen-bond acceptors (Lipinski definition) is 6. The molecule has 0 saturated carbocycles. The van der Waals surface area contributed by atoms with Crippen LogP contribution in [0.1, 0.15) is 77.5 Å². The first-order valence-electron chi connectivity index (χ1n) is 11.9. The first-order valence-corrected chi connectivity index (χ1v) is 11.9. The third-order valence-electron chi connectivity index (χ3n) is 5.16. The lowest BCUT2D eigenvalue weighted by Gasteiger charge is -2.34. The summed E-state index contributed by atoms with van der Waals surface area (Å²) in [6, 6.07) is 2.58. The van der Waals surface area contributed by atoms with Crippen molar-refractivity contribution in [1.82, 2.24) is 15.5 Å². The van der Waals surface area contributed by atoms with Crippen LogP contribution < -0.4 is 10.6 Å². The molecule has 9 nitrogen and oxygen atoms in total. The molecule has 1 rings (SSSR count). The number of para-hydroxylation sites is 1. The molecule has 0 bridgehead atoms. The number of aliphatic hydroxyl groups is 1. The number of carbonyl (C=O) groups is 3. The molecule has 0 heterocycles. The number of rotatable bonds is 12. The molecule has 0 aliphatic rings. The maximum absolute atomic E-state index is 13.6. The van der Waals surface area contributed by atoms with Gasteiger partial charge in [-0.2, -0.15) is 0 Å². The number of aliphatic hydroxyl groups excluding tert-OH is 1. The van der Waals surface area contributed by atoms with E-state index in [1.54, 1.807) is 45.9 Å². The molecular formula is C25H41N3O6. The molecule has 0 aromatic heterocycles. The van der Waals surface area contributed by atoms with Gasteiger partial charge in [-0.1, -0.05) is 44.9 Å². The third kappa shape index (κ3) is 8.85. The van der Waals surface area contributed by atoms with Crippen LogP contribution in [-0.4, -0.2) is 64.4 Å². The van der Waals surface area contributed by atoms with Gasteiger partial charge >= 0.3 is 6.09 Å². The summed E-state index contributed by atoms with van der Waals surface area (Å²) >= 11 is 0. The Balaban J connectivity index is 3.40. The van der Waals surface area contributed by atoms with E-state index < -0.39 is 42.2 Å². The normalized spacial score (nSPS) is 13.0. The molecule has 0 radical (unpaired) electrons. The molecule has 0 saturated heterocycles. The summed E-state index contributed by atoms with van der Waals surface area (Å²) in [6.07, 6.45) is 2.13. The van der Waals surface area contributed by atoms with Gasteiger partial charge in [0.15, 0.2) is 0 Å². The Hall–Kier alpha value is -2.81. The number of carbonyl (C=O) groups excluding carboxylic acids is 3. The Morgan fingerprint density at radius 3 is 2.32 bits per heavy atom. The lowest BCUT2D eigenvalue weighted by Crippen LogP contribution is -2.54. The van der Waals surface area contributed by atoms with Crippen LogP contribution >= 0.6 is 0 Å². The molecule has 0 spiro atoms. The zero-order valence-corrected chi connectivity index (χ0v) is 21.3. The summed E-state index contributed by atoms with van der Waals surface area (Å²) in [5, 5.41) is 25.9. The van der Waals surface area contributed by atoms with Gasteiger partial charge in [-0.05, 0) is 46.1 Å². The summed E-state index contributed by atoms with van der Waals surface area (Å²) in [5.41, 5.74) is 0.0640. The van der Waals surface area contributed by atoms with Crippen molar-refractivity contribution in [3.05, 3.63) is 29.3 Å². The molecule has 9 heteroatoms. The number of nitrogens with one attached hydrogen (secondary N) is 2. The number of alkyl carbamates (subject to hydrolysis) is 1. The van der Waals surface area contributed by atoms with Crippen LogP contribution in [0.15, 0.2) is 18.2 Å². The Kier molecular flexibility index (Phi) is 11.9. The number of phenolic OH excluding ortho intramolecular Hbond substituents is 1. The van der Waals surface area contributed by atoms with E-state index in [1.165, 1.54) is 4.90 Å². The number of benzene rings is 1. The van der Waals surface area contributed by atoms with Crippen molar-refractivity contribution >= 4 is 17.9 Å². The van der Waals surface area contributed by atoms with E-state index in [0.717, 1.165) is 19.3 Å². The number of unbranched alkanes of at least 4 members (excludes halogenated alkanes) is 2. The zero-order chi connectivity index (χ0) is 25.9. The van der Waals surface area contributed by atoms with Gasteiger partial charge in [-0.15, -0.1) is 0 Å². The molecular weight excluding hydrogens is 438 g/mol. The highest BCUT2D eigenvalue weighted by atomic mass is 16.6. The van der Waals surface area contributed by atoms with Crippen molar-refractivity contribution < 1.29 is 29.3 Å². The molecule has 0 aliphatic heterocycles. The quantitative estimate of drug-likeness (QED) is 0.341. The number of amides is 3. The molecule has 1 aromatic rings. The molecule has 1 aromatic carbocycles. The van der Waals surface area contributed by atoms with Crippen LogP contribution in [0.4, 0.5) is 4.79 Å². The highest BCUT2D eigenvalue weighted by Crippen LogP contribution is 2.32. The summed E-state index contributed by atoms with van der Waals surface area (Å²) in [6.45, 7) is 10.7. The van der Waals surface area contributed by atoms with Crippen LogP contribution in [-0.2, 0) is 14.3 Å². The van der Waals surface area contributed by atoms with Crippen molar-refractivity contribution in [1.29, 1.82) is 0 Å². The van der Waals surface area contributed by atoms with E-state index in [4.69, 9.17) is 4.74 Å². The molecule has 2 unspecified atom stereocenters. The average Bonchev–Trinajstić information content (AvgIpc) is 2.75. The van der Waals surface area contributed by atoms with E-state index in [0.29, 0.717) is 18.5 Å². The predicted octanol–water partition coefficient (Wildman–Crippen LogP) is 3.17. The second-order valence-electron chi connectivity index (χ2n) is 9.33. The van der Waals surface area contributed by atoms with Gasteiger partial charge in [0.1, 0.15) is 23.4 Å². The Morgan fingerprint density at radius 2 is 1.76 bits per heavy atom. The van der Waals surface area contributed by atoms with Gasteiger partial charge in [0.05, 0.1) is 6.61 Å². The number of hydrogen-bond donors (Lipinski definition) is 4. The highest BCUT2D eigenvalue weighted by Gasteiger charge is 2.37. The number of aromatic hydroxyl groups is 1. The van der Waals surface area contributed by atoms with Gasteiger partial charge in [-0.3, -0.25) is 9.59 Å². The molecule has 2 atom stereocenters. The third-order valence-corrected chi connectivity index (χ3v) is 5.16. The SMILES string of the molecule is CCCCNC(=O)C(c1cccc(C)c1O)N(CCCC)C(=O)C(CO)NC(=O)OC(C)(C)C. The fraction of sp³-hybridized carbons (Fsp3) is 0.640. The fourth-order valence-electron chi connectivity index (χ4n) is 3.37. The molecule has 3 amide bonds. The number of ether oxygens (including phenoxy) is 1. The largest absolute Gasteiger partial charge is 0.507 e. The smallest absolute Gasteiger partial charge is 0.408 e. The fourth-order valence-corrected chi connectivity index (χ4v) is 3.37. The Morgan fingerprint density at radius 1 is 1.12 bits per heavy atom. The minimum absolute atomic E-state index is 0.0758. The van der Waals surface area contributed by atoms with Gasteiger partial charge in [0.25, 0.3) is 0 Å². The van der Waals surface area contributed by atoms with Crippen molar-refractivity contribution in [3.63, 3.8) is 0 Å². The lowest BCUT2D eigenvalue weighted by molar-refractivity contribution is -0.143. The van der Waals surface area contributed by atoms with E-state index >= 15 is 0 Å². The van der Waals surface area contributed by atoms with Crippen LogP contribution in [0.5, 0.6) is 5.75 Å². The van der Waals surface area contributed by atoms with E-state index in [-0.39, 0.29) is 17.9 Å². The van der Waals surface area contributed by atoms with Crippen molar-refractivity contribution in [2.45, 2.75) is 84.9 Å². The summed E-state index contributed by atoms with van der Waals surface area (Å²) in [4.78, 5) is 40.5. The minimum atomic E-state index is -1.32. The number of nitrogens with zero attached hydrogens (tertiary/aromatic N) is 1. The van der Waals surface area contributed by atoms with Crippen molar-refractivity contribution in [3.8, 4) is 5.75 Å². The summed E-state index contributed by atoms with van der Waals surface area (Å²) < 4.78 is 5.22. The van der Waals surface area contributed by atoms with Crippen LogP contribution in [0.3, 0.4) is 0 Å². The molecule has 4 N–H and O–H groups in total. The summed E-state index contributed by atoms with van der Waals surface area (Å²) in [5.74, 6) is -1.15. The maximum atomic E-state index is 13.6. The van der Waals surface area contributed by atoms with E-state index in [9.17, 15) is 24.6 Å². The van der Waals surface area contributed by atoms with Gasteiger partial charge in [0.2, 0.25) is 11.8 Å². The molecule has 192 valence electrons. The maximum Gasteiger partial charge on any atom is 0.408 e. The van der Waals surface area contributed by atoms with Crippen molar-refractivity contribution in [2.24, 2.45) is 0 Å².